The predicted molar refractivity (Wildman–Crippen MR) is 89.1 cm³/mol. The van der Waals surface area contributed by atoms with E-state index in [2.05, 4.69) is 39.0 Å². The van der Waals surface area contributed by atoms with Crippen molar-refractivity contribution in [1.29, 1.82) is 0 Å². The van der Waals surface area contributed by atoms with Gasteiger partial charge in [0, 0.05) is 18.8 Å². The number of carbonyl (C=O) groups is 1. The fraction of sp³-hybridized carbons (Fsp3) is 0.800. The normalized spacial score (nSPS) is 19.9. The number of hydrogen-bond acceptors (Lipinski definition) is 5. The second-order valence-corrected chi connectivity index (χ2v) is 6.82. The third-order valence-corrected chi connectivity index (χ3v) is 5.14. The highest BCUT2D eigenvalue weighted by Crippen LogP contribution is 2.17. The zero-order chi connectivity index (χ0) is 15.9. The molecule has 0 spiro atoms. The lowest BCUT2D eigenvalue weighted by Crippen LogP contribution is -2.45. The van der Waals surface area contributed by atoms with E-state index in [1.54, 1.807) is 11.8 Å². The van der Waals surface area contributed by atoms with Crippen LogP contribution >= 0.6 is 11.8 Å². The van der Waals surface area contributed by atoms with Crippen LogP contribution in [0.25, 0.3) is 0 Å². The van der Waals surface area contributed by atoms with Crippen molar-refractivity contribution in [3.63, 3.8) is 0 Å². The van der Waals surface area contributed by atoms with Crippen LogP contribution in [0.15, 0.2) is 5.16 Å². The molecule has 0 aliphatic carbocycles. The summed E-state index contributed by atoms with van der Waals surface area (Å²) in [6, 6.07) is 0.0361. The molecule has 1 unspecified atom stereocenters. The molecule has 1 N–H and O–H groups in total. The largest absolute Gasteiger partial charge is 0.354 e. The van der Waals surface area contributed by atoms with E-state index in [9.17, 15) is 4.79 Å². The van der Waals surface area contributed by atoms with Gasteiger partial charge in [0.05, 0.1) is 6.04 Å². The lowest BCUT2D eigenvalue weighted by atomic mass is 10.1. The number of thioether (sulfide) groups is 1. The van der Waals surface area contributed by atoms with Gasteiger partial charge in [0.2, 0.25) is 5.91 Å². The first kappa shape index (κ1) is 17.3. The van der Waals surface area contributed by atoms with E-state index >= 15 is 0 Å². The van der Waals surface area contributed by atoms with Crippen LogP contribution in [0.5, 0.6) is 0 Å². The number of hydrogen-bond donors (Lipinski definition) is 1. The van der Waals surface area contributed by atoms with E-state index in [4.69, 9.17) is 0 Å². The number of likely N-dealkylation sites (tertiary alicyclic amines) is 1. The average molecular weight is 325 g/mol. The molecule has 0 aromatic carbocycles. The SMILES string of the molecule is CCn1c(C)nnc1SCCNC(=O)C1CCCCCN1C. The van der Waals surface area contributed by atoms with Gasteiger partial charge < -0.3 is 9.88 Å². The van der Waals surface area contributed by atoms with Crippen LogP contribution in [0.4, 0.5) is 0 Å². The highest BCUT2D eigenvalue weighted by atomic mass is 32.2. The number of likely N-dealkylation sites (N-methyl/N-ethyl adjacent to an activating group) is 1. The Morgan fingerprint density at radius 2 is 2.18 bits per heavy atom. The van der Waals surface area contributed by atoms with Gasteiger partial charge in [-0.3, -0.25) is 9.69 Å². The monoisotopic (exact) mass is 325 g/mol. The summed E-state index contributed by atoms with van der Waals surface area (Å²) in [6.45, 7) is 6.61. The van der Waals surface area contributed by atoms with Crippen molar-refractivity contribution in [2.45, 2.75) is 57.3 Å². The number of carbonyl (C=O) groups excluding carboxylic acids is 1. The smallest absolute Gasteiger partial charge is 0.237 e. The van der Waals surface area contributed by atoms with Gasteiger partial charge in [-0.05, 0) is 40.3 Å². The van der Waals surface area contributed by atoms with E-state index < -0.39 is 0 Å². The summed E-state index contributed by atoms with van der Waals surface area (Å²) in [5, 5.41) is 12.3. The van der Waals surface area contributed by atoms with E-state index in [1.807, 2.05) is 6.92 Å². The lowest BCUT2D eigenvalue weighted by molar-refractivity contribution is -0.125. The van der Waals surface area contributed by atoms with Gasteiger partial charge in [-0.2, -0.15) is 0 Å². The number of rotatable bonds is 6. The van der Waals surface area contributed by atoms with Crippen LogP contribution in [-0.2, 0) is 11.3 Å². The van der Waals surface area contributed by atoms with Gasteiger partial charge in [-0.15, -0.1) is 10.2 Å². The molecule has 6 nitrogen and oxygen atoms in total. The van der Waals surface area contributed by atoms with E-state index in [-0.39, 0.29) is 11.9 Å². The Kier molecular flexibility index (Phi) is 6.70. The lowest BCUT2D eigenvalue weighted by Gasteiger charge is -2.24. The number of amides is 1. The number of nitrogens with one attached hydrogen (secondary N) is 1. The molecule has 1 saturated heterocycles. The van der Waals surface area contributed by atoms with Crippen LogP contribution in [0.1, 0.15) is 38.4 Å². The zero-order valence-electron chi connectivity index (χ0n) is 13.8. The maximum absolute atomic E-state index is 12.3. The molecule has 1 fully saturated rings. The Morgan fingerprint density at radius 3 is 2.95 bits per heavy atom. The molecule has 1 atom stereocenters. The van der Waals surface area contributed by atoms with Crippen molar-refractivity contribution in [1.82, 2.24) is 25.0 Å². The molecule has 0 radical (unpaired) electrons. The zero-order valence-corrected chi connectivity index (χ0v) is 14.7. The molecule has 124 valence electrons. The fourth-order valence-electron chi connectivity index (χ4n) is 2.85. The van der Waals surface area contributed by atoms with Gasteiger partial charge in [-0.25, -0.2) is 0 Å². The van der Waals surface area contributed by atoms with Gasteiger partial charge in [0.1, 0.15) is 5.82 Å². The Morgan fingerprint density at radius 1 is 1.36 bits per heavy atom. The van der Waals surface area contributed by atoms with Crippen LogP contribution in [0.2, 0.25) is 0 Å². The molecule has 2 rings (SSSR count). The van der Waals surface area contributed by atoms with Crippen molar-refractivity contribution < 1.29 is 4.79 Å². The van der Waals surface area contributed by atoms with Gasteiger partial charge >= 0.3 is 0 Å². The molecule has 0 bridgehead atoms. The van der Waals surface area contributed by atoms with Crippen LogP contribution < -0.4 is 5.32 Å². The van der Waals surface area contributed by atoms with Crippen molar-refractivity contribution in [3.05, 3.63) is 5.82 Å². The topological polar surface area (TPSA) is 63.1 Å². The minimum absolute atomic E-state index is 0.0361. The summed E-state index contributed by atoms with van der Waals surface area (Å²) in [5.74, 6) is 1.92. The molecule has 1 aliphatic heterocycles. The van der Waals surface area contributed by atoms with Crippen LogP contribution in [-0.4, -0.2) is 57.5 Å². The first-order valence-electron chi connectivity index (χ1n) is 8.14. The molecule has 0 saturated carbocycles. The minimum Gasteiger partial charge on any atom is -0.354 e. The summed E-state index contributed by atoms with van der Waals surface area (Å²) < 4.78 is 2.09. The van der Waals surface area contributed by atoms with Crippen molar-refractivity contribution in [3.8, 4) is 0 Å². The van der Waals surface area contributed by atoms with Crippen molar-refractivity contribution >= 4 is 17.7 Å². The molecule has 7 heteroatoms. The van der Waals surface area contributed by atoms with Crippen molar-refractivity contribution in [2.75, 3.05) is 25.9 Å². The molecule has 1 aromatic heterocycles. The summed E-state index contributed by atoms with van der Waals surface area (Å²) >= 11 is 1.65. The molecule has 1 aromatic rings. The summed E-state index contributed by atoms with van der Waals surface area (Å²) in [6.07, 6.45) is 4.55. The Balaban J connectivity index is 1.74. The maximum Gasteiger partial charge on any atom is 0.237 e. The van der Waals surface area contributed by atoms with Crippen LogP contribution in [0, 0.1) is 6.92 Å². The third kappa shape index (κ3) is 4.46. The first-order valence-corrected chi connectivity index (χ1v) is 9.12. The molecule has 1 aliphatic rings. The summed E-state index contributed by atoms with van der Waals surface area (Å²) in [5.41, 5.74) is 0. The fourth-order valence-corrected chi connectivity index (χ4v) is 3.75. The number of aryl methyl sites for hydroxylation is 1. The van der Waals surface area contributed by atoms with Gasteiger partial charge in [-0.1, -0.05) is 24.6 Å². The third-order valence-electron chi connectivity index (χ3n) is 4.17. The van der Waals surface area contributed by atoms with Gasteiger partial charge in [0.25, 0.3) is 0 Å². The number of nitrogens with zero attached hydrogens (tertiary/aromatic N) is 4. The Hall–Kier alpha value is -1.08. The highest BCUT2D eigenvalue weighted by molar-refractivity contribution is 7.99. The van der Waals surface area contributed by atoms with E-state index in [0.29, 0.717) is 6.54 Å². The van der Waals surface area contributed by atoms with E-state index in [0.717, 1.165) is 42.7 Å². The van der Waals surface area contributed by atoms with E-state index in [1.165, 1.54) is 12.8 Å². The molecular weight excluding hydrogens is 298 g/mol. The first-order chi connectivity index (χ1) is 10.6. The molecule has 1 amide bonds. The Labute approximate surface area is 137 Å². The van der Waals surface area contributed by atoms with Crippen LogP contribution in [0.3, 0.4) is 0 Å². The predicted octanol–water partition coefficient (Wildman–Crippen LogP) is 1.69. The maximum atomic E-state index is 12.3. The quantitative estimate of drug-likeness (QED) is 0.637. The standard InChI is InChI=1S/C15H27N5OS/c1-4-20-12(2)17-18-15(20)22-11-9-16-14(21)13-8-6-5-7-10-19(13)3/h13H,4-11H2,1-3H3,(H,16,21). The highest BCUT2D eigenvalue weighted by Gasteiger charge is 2.24. The average Bonchev–Trinajstić information content (AvgIpc) is 2.71. The molecular formula is C15H27N5OS. The van der Waals surface area contributed by atoms with Crippen molar-refractivity contribution in [2.24, 2.45) is 0 Å². The summed E-state index contributed by atoms with van der Waals surface area (Å²) in [7, 11) is 2.05. The second-order valence-electron chi connectivity index (χ2n) is 5.76. The number of aromatic nitrogens is 3. The summed E-state index contributed by atoms with van der Waals surface area (Å²) in [4.78, 5) is 14.5. The Bertz CT molecular complexity index is 490. The molecule has 22 heavy (non-hydrogen) atoms. The second kappa shape index (κ2) is 8.53. The van der Waals surface area contributed by atoms with Gasteiger partial charge in [0.15, 0.2) is 5.16 Å². The molecule has 2 heterocycles. The minimum atomic E-state index is 0.0361.